The fourth-order valence-electron chi connectivity index (χ4n) is 2.97. The van der Waals surface area contributed by atoms with Crippen molar-refractivity contribution in [2.75, 3.05) is 0 Å². The van der Waals surface area contributed by atoms with Crippen molar-refractivity contribution in [1.82, 2.24) is 9.13 Å². The zero-order chi connectivity index (χ0) is 20.0. The van der Waals surface area contributed by atoms with Crippen LogP contribution in [0, 0.1) is 11.7 Å². The Hall–Kier alpha value is -2.67. The molecule has 2 aromatic heterocycles. The maximum atomic E-state index is 13.2. The minimum Gasteiger partial charge on any atom is -0.444 e. The molecule has 140 valence electrons. The second-order valence-electron chi connectivity index (χ2n) is 6.11. The largest absolute Gasteiger partial charge is 0.444 e. The number of hydrogen-bond donors (Lipinski definition) is 0. The van der Waals surface area contributed by atoms with Crippen molar-refractivity contribution in [3.8, 4) is 11.4 Å². The molecule has 8 heteroatoms. The van der Waals surface area contributed by atoms with Crippen molar-refractivity contribution in [2.45, 2.75) is 6.92 Å². The lowest BCUT2D eigenvalue weighted by molar-refractivity contribution is 0.538. The first-order valence-corrected chi connectivity index (χ1v) is 9.37. The second kappa shape index (κ2) is 7.05. The first-order valence-electron chi connectivity index (χ1n) is 8.21. The van der Waals surface area contributed by atoms with Gasteiger partial charge in [0.05, 0.1) is 11.4 Å². The van der Waals surface area contributed by atoms with Crippen LogP contribution in [0.5, 0.6) is 0 Å². The average Bonchev–Trinajstić information content (AvgIpc) is 2.64. The summed E-state index contributed by atoms with van der Waals surface area (Å²) in [6.45, 7) is 1.64. The number of aromatic nitrogens is 2. The quantitative estimate of drug-likeness (QED) is 0.416. The monoisotopic (exact) mass is 430 g/mol. The Morgan fingerprint density at radius 3 is 1.89 bits per heavy atom. The van der Waals surface area contributed by atoms with Gasteiger partial charge in [-0.2, -0.15) is 0 Å². The fourth-order valence-corrected chi connectivity index (χ4v) is 3.60. The molecular weight excluding hydrogens is 419 g/mol. The molecule has 0 atom stereocenters. The predicted octanol–water partition coefficient (Wildman–Crippen LogP) is 5.08. The maximum absolute atomic E-state index is 13.2. The molecule has 5 nitrogen and oxygen atoms in total. The van der Waals surface area contributed by atoms with Crippen LogP contribution in [0.2, 0.25) is 10.0 Å². The van der Waals surface area contributed by atoms with Gasteiger partial charge in [-0.05, 0) is 67.7 Å². The standard InChI is InChI=1S/C20H12Cl2N2O3S/c1-11-10-16(25)17-18(26)23(14-6-2-12(21)3-7-14)20(28)24(19(17)27-11)15-8-4-13(22)5-9-15/h2-10H,1H3. The molecule has 0 aliphatic heterocycles. The van der Waals surface area contributed by atoms with E-state index < -0.39 is 11.0 Å². The molecule has 0 N–H and O–H groups in total. The first-order chi connectivity index (χ1) is 13.4. The number of rotatable bonds is 2. The lowest BCUT2D eigenvalue weighted by atomic mass is 10.2. The van der Waals surface area contributed by atoms with E-state index >= 15 is 0 Å². The molecule has 0 bridgehead atoms. The summed E-state index contributed by atoms with van der Waals surface area (Å²) in [6, 6.07) is 14.7. The van der Waals surface area contributed by atoms with Crippen LogP contribution in [0.1, 0.15) is 5.76 Å². The Morgan fingerprint density at radius 2 is 1.36 bits per heavy atom. The number of aryl methyl sites for hydroxylation is 1. The highest BCUT2D eigenvalue weighted by Crippen LogP contribution is 2.21. The highest BCUT2D eigenvalue weighted by atomic mass is 35.5. The van der Waals surface area contributed by atoms with Crippen LogP contribution in [0.15, 0.2) is 68.6 Å². The van der Waals surface area contributed by atoms with Gasteiger partial charge in [-0.3, -0.25) is 18.7 Å². The van der Waals surface area contributed by atoms with Crippen molar-refractivity contribution in [3.05, 3.63) is 95.8 Å². The zero-order valence-corrected chi connectivity index (χ0v) is 16.8. The second-order valence-corrected chi connectivity index (χ2v) is 7.35. The van der Waals surface area contributed by atoms with Gasteiger partial charge in [-0.1, -0.05) is 23.2 Å². The summed E-state index contributed by atoms with van der Waals surface area (Å²) in [6.07, 6.45) is 0. The Balaban J connectivity index is 2.22. The van der Waals surface area contributed by atoms with Crippen molar-refractivity contribution in [2.24, 2.45) is 0 Å². The summed E-state index contributed by atoms with van der Waals surface area (Å²) < 4.78 is 8.74. The SMILES string of the molecule is Cc1cc(=O)c2c(=O)n(-c3ccc(Cl)cc3)c(=S)n(-c3ccc(Cl)cc3)c2o1. The number of benzene rings is 2. The van der Waals surface area contributed by atoms with Gasteiger partial charge in [0, 0.05) is 16.1 Å². The van der Waals surface area contributed by atoms with E-state index in [2.05, 4.69) is 0 Å². The van der Waals surface area contributed by atoms with Crippen LogP contribution < -0.4 is 11.0 Å². The molecule has 0 aliphatic carbocycles. The molecule has 2 heterocycles. The molecule has 2 aromatic carbocycles. The molecule has 0 radical (unpaired) electrons. The van der Waals surface area contributed by atoms with E-state index in [1.54, 1.807) is 60.0 Å². The van der Waals surface area contributed by atoms with Crippen molar-refractivity contribution >= 4 is 46.5 Å². The number of hydrogen-bond acceptors (Lipinski definition) is 4. The Bertz CT molecular complexity index is 1390. The minimum atomic E-state index is -0.554. The minimum absolute atomic E-state index is 0.0903. The number of halogens is 2. The van der Waals surface area contributed by atoms with Gasteiger partial charge in [0.1, 0.15) is 11.1 Å². The summed E-state index contributed by atoms with van der Waals surface area (Å²) in [5, 5.41) is 0.969. The van der Waals surface area contributed by atoms with E-state index in [0.29, 0.717) is 27.2 Å². The van der Waals surface area contributed by atoms with Crippen molar-refractivity contribution in [3.63, 3.8) is 0 Å². The molecule has 0 spiro atoms. The molecule has 0 saturated heterocycles. The van der Waals surface area contributed by atoms with Gasteiger partial charge in [-0.25, -0.2) is 0 Å². The zero-order valence-electron chi connectivity index (χ0n) is 14.5. The third-order valence-corrected chi connectivity index (χ3v) is 5.09. The Morgan fingerprint density at radius 1 is 0.857 bits per heavy atom. The van der Waals surface area contributed by atoms with Gasteiger partial charge >= 0.3 is 0 Å². The average molecular weight is 431 g/mol. The molecule has 0 saturated carbocycles. The number of nitrogens with zero attached hydrogens (tertiary/aromatic N) is 2. The summed E-state index contributed by atoms with van der Waals surface area (Å²) >= 11 is 17.6. The molecule has 0 fully saturated rings. The van der Waals surface area contributed by atoms with Crippen LogP contribution in [0.4, 0.5) is 0 Å². The van der Waals surface area contributed by atoms with Crippen molar-refractivity contribution < 1.29 is 4.42 Å². The number of fused-ring (bicyclic) bond motifs is 1. The molecule has 4 rings (SSSR count). The lowest BCUT2D eigenvalue weighted by Gasteiger charge is -2.15. The van der Waals surface area contributed by atoms with E-state index in [-0.39, 0.29) is 15.9 Å². The van der Waals surface area contributed by atoms with Gasteiger partial charge in [0.25, 0.3) is 5.56 Å². The molecule has 0 amide bonds. The third-order valence-electron chi connectivity index (χ3n) is 4.22. The van der Waals surface area contributed by atoms with E-state index in [9.17, 15) is 9.59 Å². The summed E-state index contributed by atoms with van der Waals surface area (Å²) in [7, 11) is 0. The maximum Gasteiger partial charge on any atom is 0.274 e. The van der Waals surface area contributed by atoms with Crippen LogP contribution in [-0.4, -0.2) is 9.13 Å². The summed E-state index contributed by atoms with van der Waals surface area (Å²) in [5.41, 5.74) is 0.192. The third kappa shape index (κ3) is 3.09. The van der Waals surface area contributed by atoms with Crippen LogP contribution in [0.3, 0.4) is 0 Å². The highest BCUT2D eigenvalue weighted by Gasteiger charge is 2.18. The van der Waals surface area contributed by atoms with Crippen LogP contribution >= 0.6 is 35.4 Å². The Labute approximate surface area is 174 Å². The van der Waals surface area contributed by atoms with Gasteiger partial charge in [0.15, 0.2) is 10.2 Å². The lowest BCUT2D eigenvalue weighted by Crippen LogP contribution is -2.28. The first kappa shape index (κ1) is 18.7. The van der Waals surface area contributed by atoms with Crippen molar-refractivity contribution in [1.29, 1.82) is 0 Å². The Kier molecular flexibility index (Phi) is 4.71. The fraction of sp³-hybridized carbons (Fsp3) is 0.0500. The molecule has 28 heavy (non-hydrogen) atoms. The van der Waals surface area contributed by atoms with E-state index in [1.807, 2.05) is 0 Å². The predicted molar refractivity (Wildman–Crippen MR) is 113 cm³/mol. The van der Waals surface area contributed by atoms with Gasteiger partial charge < -0.3 is 4.42 Å². The highest BCUT2D eigenvalue weighted by molar-refractivity contribution is 7.71. The van der Waals surface area contributed by atoms with Crippen LogP contribution in [0.25, 0.3) is 22.5 Å². The normalized spacial score (nSPS) is 11.1. The molecular formula is C20H12Cl2N2O3S. The van der Waals surface area contributed by atoms with Crippen LogP contribution in [-0.2, 0) is 0 Å². The topological polar surface area (TPSA) is 57.1 Å². The summed E-state index contributed by atoms with van der Waals surface area (Å²) in [5.74, 6) is 0.373. The van der Waals surface area contributed by atoms with Gasteiger partial charge in [-0.15, -0.1) is 0 Å². The van der Waals surface area contributed by atoms with E-state index in [4.69, 9.17) is 39.8 Å². The molecule has 0 aliphatic rings. The molecule has 0 unspecified atom stereocenters. The van der Waals surface area contributed by atoms with E-state index in [0.717, 1.165) is 0 Å². The summed E-state index contributed by atoms with van der Waals surface area (Å²) in [4.78, 5) is 25.8. The smallest absolute Gasteiger partial charge is 0.274 e. The van der Waals surface area contributed by atoms with E-state index in [1.165, 1.54) is 10.6 Å². The molecule has 4 aromatic rings. The van der Waals surface area contributed by atoms with Gasteiger partial charge in [0.2, 0.25) is 5.71 Å².